The van der Waals surface area contributed by atoms with Crippen LogP contribution >= 0.6 is 24.0 Å². The summed E-state index contributed by atoms with van der Waals surface area (Å²) in [6, 6.07) is 26.7. The van der Waals surface area contributed by atoms with Crippen molar-refractivity contribution in [2.75, 3.05) is 31.3 Å². The summed E-state index contributed by atoms with van der Waals surface area (Å²) in [5, 5.41) is 0. The van der Waals surface area contributed by atoms with Crippen LogP contribution in [0.25, 0.3) is 6.08 Å². The zero-order valence-corrected chi connectivity index (χ0v) is 19.5. The number of nitrogens with zero attached hydrogens (tertiary/aromatic N) is 1. The summed E-state index contributed by atoms with van der Waals surface area (Å²) in [5.41, 5.74) is 1.69. The van der Waals surface area contributed by atoms with Crippen molar-refractivity contribution in [3.8, 4) is 11.5 Å². The lowest BCUT2D eigenvalue weighted by molar-refractivity contribution is -0.113. The Balaban J connectivity index is 1.21. The van der Waals surface area contributed by atoms with Gasteiger partial charge in [-0.2, -0.15) is 0 Å². The maximum absolute atomic E-state index is 12.8. The molecule has 0 bridgehead atoms. The molecule has 0 N–H and O–H groups in total. The summed E-state index contributed by atoms with van der Waals surface area (Å²) >= 11 is 6.72. The molecule has 1 aliphatic heterocycles. The van der Waals surface area contributed by atoms with Gasteiger partial charge in [-0.15, -0.1) is 0 Å². The molecule has 0 saturated carbocycles. The lowest BCUT2D eigenvalue weighted by Gasteiger charge is -2.13. The molecule has 0 aromatic heterocycles. The zero-order chi connectivity index (χ0) is 22.9. The van der Waals surface area contributed by atoms with Crippen molar-refractivity contribution < 1.29 is 19.0 Å². The van der Waals surface area contributed by atoms with E-state index < -0.39 is 0 Å². The number of benzene rings is 3. The van der Waals surface area contributed by atoms with E-state index in [2.05, 4.69) is 0 Å². The summed E-state index contributed by atoms with van der Waals surface area (Å²) in [5.74, 6) is 1.47. The normalized spacial score (nSPS) is 14.7. The highest BCUT2D eigenvalue weighted by molar-refractivity contribution is 8.27. The van der Waals surface area contributed by atoms with Crippen molar-refractivity contribution in [2.45, 2.75) is 0 Å². The number of ether oxygens (including phenoxy) is 3. The molecule has 7 heteroatoms. The quantitative estimate of drug-likeness (QED) is 0.216. The van der Waals surface area contributed by atoms with Gasteiger partial charge in [0.25, 0.3) is 5.91 Å². The number of rotatable bonds is 10. The van der Waals surface area contributed by atoms with Crippen LogP contribution in [-0.2, 0) is 9.53 Å². The molecule has 0 unspecified atom stereocenters. The van der Waals surface area contributed by atoms with E-state index >= 15 is 0 Å². The average molecular weight is 478 g/mol. The van der Waals surface area contributed by atoms with Crippen LogP contribution in [0.3, 0.4) is 0 Å². The van der Waals surface area contributed by atoms with Gasteiger partial charge in [-0.1, -0.05) is 72.5 Å². The highest BCUT2D eigenvalue weighted by Gasteiger charge is 2.33. The summed E-state index contributed by atoms with van der Waals surface area (Å²) in [6.07, 6.45) is 1.85. The van der Waals surface area contributed by atoms with Crippen molar-refractivity contribution in [1.29, 1.82) is 0 Å². The van der Waals surface area contributed by atoms with Crippen LogP contribution in [0.4, 0.5) is 5.69 Å². The fourth-order valence-electron chi connectivity index (χ4n) is 3.13. The molecule has 5 nitrogen and oxygen atoms in total. The van der Waals surface area contributed by atoms with Crippen LogP contribution in [0.15, 0.2) is 89.8 Å². The second kappa shape index (κ2) is 11.7. The smallest absolute Gasteiger partial charge is 0.270 e. The summed E-state index contributed by atoms with van der Waals surface area (Å²) in [4.78, 5) is 15.0. The first-order valence-electron chi connectivity index (χ1n) is 10.5. The fraction of sp³-hybridized carbons (Fsp3) is 0.154. The number of thioether (sulfide) groups is 1. The van der Waals surface area contributed by atoms with Crippen LogP contribution in [-0.4, -0.2) is 36.7 Å². The van der Waals surface area contributed by atoms with Gasteiger partial charge >= 0.3 is 0 Å². The number of hydrogen-bond acceptors (Lipinski definition) is 6. The van der Waals surface area contributed by atoms with E-state index in [9.17, 15) is 4.79 Å². The SMILES string of the molecule is O=C1C(=Cc2ccc(OCCOCCOc3ccccc3)cc2)SC(=S)N1c1ccccc1. The maximum Gasteiger partial charge on any atom is 0.270 e. The molecule has 3 aromatic rings. The molecule has 0 atom stereocenters. The number of hydrogen-bond donors (Lipinski definition) is 0. The van der Waals surface area contributed by atoms with Crippen molar-refractivity contribution in [3.63, 3.8) is 0 Å². The molecule has 3 aromatic carbocycles. The minimum absolute atomic E-state index is 0.107. The van der Waals surface area contributed by atoms with Crippen LogP contribution in [0.5, 0.6) is 11.5 Å². The van der Waals surface area contributed by atoms with E-state index in [1.807, 2.05) is 91.0 Å². The lowest BCUT2D eigenvalue weighted by atomic mass is 10.2. The third-order valence-electron chi connectivity index (χ3n) is 4.72. The lowest BCUT2D eigenvalue weighted by Crippen LogP contribution is -2.27. The van der Waals surface area contributed by atoms with Crippen LogP contribution in [0.2, 0.25) is 0 Å². The minimum atomic E-state index is -0.107. The molecule has 0 aliphatic carbocycles. The van der Waals surface area contributed by atoms with Crippen molar-refractivity contribution in [3.05, 3.63) is 95.4 Å². The molecular weight excluding hydrogens is 454 g/mol. The highest BCUT2D eigenvalue weighted by Crippen LogP contribution is 2.36. The number of carbonyl (C=O) groups is 1. The highest BCUT2D eigenvalue weighted by atomic mass is 32.2. The minimum Gasteiger partial charge on any atom is -0.491 e. The molecule has 1 amide bonds. The Hall–Kier alpha value is -3.13. The van der Waals surface area contributed by atoms with E-state index in [1.54, 1.807) is 4.90 Å². The van der Waals surface area contributed by atoms with E-state index in [0.717, 1.165) is 22.7 Å². The molecule has 1 heterocycles. The van der Waals surface area contributed by atoms with E-state index in [0.29, 0.717) is 35.7 Å². The number of anilines is 1. The van der Waals surface area contributed by atoms with E-state index in [-0.39, 0.29) is 5.91 Å². The topological polar surface area (TPSA) is 48.0 Å². The molecule has 33 heavy (non-hydrogen) atoms. The first-order valence-corrected chi connectivity index (χ1v) is 11.7. The van der Waals surface area contributed by atoms with E-state index in [4.69, 9.17) is 26.4 Å². The Bertz CT molecular complexity index is 1100. The van der Waals surface area contributed by atoms with Gasteiger partial charge in [0.05, 0.1) is 23.8 Å². The van der Waals surface area contributed by atoms with Crippen molar-refractivity contribution in [1.82, 2.24) is 0 Å². The van der Waals surface area contributed by atoms with Crippen LogP contribution < -0.4 is 14.4 Å². The Morgan fingerprint density at radius 1 is 0.758 bits per heavy atom. The first kappa shape index (κ1) is 23.0. The molecule has 1 fully saturated rings. The largest absolute Gasteiger partial charge is 0.491 e. The second-order valence-corrected chi connectivity index (χ2v) is 8.72. The van der Waals surface area contributed by atoms with E-state index in [1.165, 1.54) is 11.8 Å². The van der Waals surface area contributed by atoms with Gasteiger partial charge in [0, 0.05) is 0 Å². The van der Waals surface area contributed by atoms with Gasteiger partial charge in [0.1, 0.15) is 24.7 Å². The van der Waals surface area contributed by atoms with Gasteiger partial charge in [-0.3, -0.25) is 9.69 Å². The predicted octanol–water partition coefficient (Wildman–Crippen LogP) is 5.57. The van der Waals surface area contributed by atoms with Gasteiger partial charge in [-0.25, -0.2) is 0 Å². The monoisotopic (exact) mass is 477 g/mol. The summed E-state index contributed by atoms with van der Waals surface area (Å²) in [6.45, 7) is 1.91. The molecule has 0 spiro atoms. The number of thiocarbonyl (C=S) groups is 1. The summed E-state index contributed by atoms with van der Waals surface area (Å²) < 4.78 is 17.4. The van der Waals surface area contributed by atoms with Crippen LogP contribution in [0, 0.1) is 0 Å². The van der Waals surface area contributed by atoms with Crippen molar-refractivity contribution >= 4 is 46.0 Å². The third kappa shape index (κ3) is 6.44. The average Bonchev–Trinajstić information content (AvgIpc) is 3.13. The number of amides is 1. The molecule has 0 radical (unpaired) electrons. The van der Waals surface area contributed by atoms with Gasteiger partial charge < -0.3 is 14.2 Å². The third-order valence-corrected chi connectivity index (χ3v) is 6.02. The van der Waals surface area contributed by atoms with Crippen LogP contribution in [0.1, 0.15) is 5.56 Å². The Morgan fingerprint density at radius 2 is 1.33 bits per heavy atom. The number of carbonyl (C=O) groups excluding carboxylic acids is 1. The van der Waals surface area contributed by atoms with Gasteiger partial charge in [0.2, 0.25) is 0 Å². The first-order chi connectivity index (χ1) is 16.2. The van der Waals surface area contributed by atoms with Gasteiger partial charge in [-0.05, 0) is 48.0 Å². The van der Waals surface area contributed by atoms with Crippen molar-refractivity contribution in [2.24, 2.45) is 0 Å². The Kier molecular flexibility index (Phi) is 8.14. The summed E-state index contributed by atoms with van der Waals surface area (Å²) in [7, 11) is 0. The molecule has 4 rings (SSSR count). The zero-order valence-electron chi connectivity index (χ0n) is 17.9. The fourth-order valence-corrected chi connectivity index (χ4v) is 4.43. The molecule has 1 saturated heterocycles. The predicted molar refractivity (Wildman–Crippen MR) is 137 cm³/mol. The number of para-hydroxylation sites is 2. The Labute approximate surface area is 203 Å². The second-order valence-electron chi connectivity index (χ2n) is 7.04. The van der Waals surface area contributed by atoms with Gasteiger partial charge in [0.15, 0.2) is 4.32 Å². The Morgan fingerprint density at radius 3 is 1.97 bits per heavy atom. The molecule has 1 aliphatic rings. The standard InChI is InChI=1S/C26H23NO4S2/c28-25-24(33-26(32)27(25)21-7-3-1-4-8-21)19-20-11-13-23(14-12-20)31-18-16-29-15-17-30-22-9-5-2-6-10-22/h1-14,19H,15-18H2. The molecular formula is C26H23NO4S2. The molecule has 168 valence electrons. The maximum atomic E-state index is 12.8.